The van der Waals surface area contributed by atoms with Gasteiger partial charge in [0.05, 0.1) is 6.67 Å². The molecule has 1 aliphatic rings. The van der Waals surface area contributed by atoms with E-state index in [1.54, 1.807) is 0 Å². The molecule has 0 saturated heterocycles. The third-order valence-corrected chi connectivity index (χ3v) is 5.23. The Hall–Kier alpha value is -1.92. The monoisotopic (exact) mass is 487 g/mol. The molecule has 0 saturated carbocycles. The van der Waals surface area contributed by atoms with Crippen molar-refractivity contribution in [2.45, 2.75) is 108 Å². The zero-order chi connectivity index (χ0) is 28.0. The second kappa shape index (κ2) is 22.5. The summed E-state index contributed by atoms with van der Waals surface area (Å²) in [5.74, 6) is 1.19. The van der Waals surface area contributed by atoms with Crippen LogP contribution in [0.3, 0.4) is 0 Å². The van der Waals surface area contributed by atoms with Gasteiger partial charge in [0.1, 0.15) is 0 Å². The number of terminal acetylenes is 1. The normalized spacial score (nSPS) is 15.8. The van der Waals surface area contributed by atoms with Gasteiger partial charge in [0.15, 0.2) is 0 Å². The fraction of sp³-hybridized carbons (Fsp3) is 0.688. The lowest BCUT2D eigenvalue weighted by atomic mass is 9.84. The van der Waals surface area contributed by atoms with E-state index < -0.39 is 0 Å². The van der Waals surface area contributed by atoms with E-state index in [1.165, 1.54) is 30.5 Å². The predicted octanol–water partition coefficient (Wildman–Crippen LogP) is 8.54. The summed E-state index contributed by atoms with van der Waals surface area (Å²) >= 11 is 0. The molecule has 1 aliphatic carbocycles. The van der Waals surface area contributed by atoms with Crippen molar-refractivity contribution in [1.82, 2.24) is 15.5 Å². The fourth-order valence-electron chi connectivity index (χ4n) is 3.81. The summed E-state index contributed by atoms with van der Waals surface area (Å²) in [5.41, 5.74) is 4.22. The topological polar surface area (TPSA) is 27.3 Å². The summed E-state index contributed by atoms with van der Waals surface area (Å²) in [7, 11) is 1.91. The highest BCUT2D eigenvalue weighted by atomic mass is 15.2. The van der Waals surface area contributed by atoms with Gasteiger partial charge in [0, 0.05) is 31.0 Å². The van der Waals surface area contributed by atoms with Crippen LogP contribution in [0.5, 0.6) is 0 Å². The van der Waals surface area contributed by atoms with Gasteiger partial charge in [-0.2, -0.15) is 0 Å². The zero-order valence-electron chi connectivity index (χ0n) is 25.6. The minimum atomic E-state index is 0.400. The van der Waals surface area contributed by atoms with Crippen LogP contribution in [-0.2, 0) is 0 Å². The van der Waals surface area contributed by atoms with Crippen molar-refractivity contribution in [3.63, 3.8) is 0 Å². The molecule has 2 unspecified atom stereocenters. The van der Waals surface area contributed by atoms with Crippen LogP contribution in [0.2, 0.25) is 0 Å². The molecule has 2 N–H and O–H groups in total. The molecule has 0 radical (unpaired) electrons. The lowest BCUT2D eigenvalue weighted by molar-refractivity contribution is 0.248. The molecule has 0 amide bonds. The maximum absolute atomic E-state index is 4.00. The van der Waals surface area contributed by atoms with E-state index >= 15 is 0 Å². The quantitative estimate of drug-likeness (QED) is 0.174. The number of rotatable bonds is 11. The molecule has 204 valence electrons. The van der Waals surface area contributed by atoms with Crippen molar-refractivity contribution >= 4 is 0 Å². The molecule has 0 fully saturated rings. The van der Waals surface area contributed by atoms with Gasteiger partial charge in [-0.1, -0.05) is 80.5 Å². The molecule has 0 aromatic heterocycles. The smallest absolute Gasteiger partial charge is 0.0683 e. The number of allylic oxidation sites excluding steroid dienone is 5. The van der Waals surface area contributed by atoms with Crippen molar-refractivity contribution in [2.75, 3.05) is 20.3 Å². The van der Waals surface area contributed by atoms with E-state index in [4.69, 9.17) is 0 Å². The van der Waals surface area contributed by atoms with Gasteiger partial charge in [-0.15, -0.1) is 12.8 Å². The van der Waals surface area contributed by atoms with Crippen LogP contribution in [0.15, 0.2) is 47.9 Å². The van der Waals surface area contributed by atoms with E-state index in [-0.39, 0.29) is 0 Å². The lowest BCUT2D eigenvalue weighted by Crippen LogP contribution is -2.38. The van der Waals surface area contributed by atoms with Crippen molar-refractivity contribution in [3.05, 3.63) is 47.9 Å². The highest BCUT2D eigenvalue weighted by molar-refractivity contribution is 5.31. The third kappa shape index (κ3) is 21.1. The largest absolute Gasteiger partial charge is 0.389 e. The molecule has 0 heterocycles. The minimum Gasteiger partial charge on any atom is -0.389 e. The molecule has 3 heteroatoms. The van der Waals surface area contributed by atoms with E-state index in [0.29, 0.717) is 17.4 Å². The van der Waals surface area contributed by atoms with Crippen molar-refractivity contribution in [3.8, 4) is 12.8 Å². The van der Waals surface area contributed by atoms with Gasteiger partial charge < -0.3 is 10.2 Å². The van der Waals surface area contributed by atoms with Crippen LogP contribution in [0.1, 0.15) is 102 Å². The number of likely N-dealkylation sites (N-methyl/N-ethyl adjacent to an activating group) is 1. The average Bonchev–Trinajstić information content (AvgIpc) is 2.80. The minimum absolute atomic E-state index is 0.400. The number of nitrogens with zero attached hydrogens (tertiary/aromatic N) is 1. The Morgan fingerprint density at radius 3 is 2.17 bits per heavy atom. The van der Waals surface area contributed by atoms with Gasteiger partial charge >= 0.3 is 0 Å². The first-order chi connectivity index (χ1) is 16.4. The van der Waals surface area contributed by atoms with Crippen LogP contribution in [-0.4, -0.2) is 31.2 Å². The molecule has 35 heavy (non-hydrogen) atoms. The molecule has 1 rings (SSSR count). The summed E-state index contributed by atoms with van der Waals surface area (Å²) in [6, 6.07) is 0.492. The Balaban J connectivity index is -0.00000132. The zero-order valence-corrected chi connectivity index (χ0v) is 25.6. The first kappa shape index (κ1) is 37.6. The predicted molar refractivity (Wildman–Crippen MR) is 162 cm³/mol. The number of hydrogen-bond donors (Lipinski definition) is 2. The summed E-state index contributed by atoms with van der Waals surface area (Å²) in [4.78, 5) is 2.54. The summed E-state index contributed by atoms with van der Waals surface area (Å²) in [6.07, 6.45) is 21.8. The Morgan fingerprint density at radius 2 is 1.74 bits per heavy atom. The second-order valence-electron chi connectivity index (χ2n) is 10.7. The molecule has 0 bridgehead atoms. The first-order valence-electron chi connectivity index (χ1n) is 13.7. The Kier molecular flexibility index (Phi) is 24.2. The van der Waals surface area contributed by atoms with Crippen LogP contribution in [0.25, 0.3) is 0 Å². The summed E-state index contributed by atoms with van der Waals surface area (Å²) in [6.45, 7) is 30.4. The van der Waals surface area contributed by atoms with Gasteiger partial charge in [-0.05, 0) is 75.0 Å². The van der Waals surface area contributed by atoms with Crippen molar-refractivity contribution in [1.29, 1.82) is 0 Å². The number of nitrogens with one attached hydrogen (secondary N) is 2. The van der Waals surface area contributed by atoms with Crippen LogP contribution >= 0.6 is 0 Å². The van der Waals surface area contributed by atoms with Gasteiger partial charge in [0.25, 0.3) is 0 Å². The van der Waals surface area contributed by atoms with Gasteiger partial charge in [0.2, 0.25) is 0 Å². The van der Waals surface area contributed by atoms with E-state index in [9.17, 15) is 0 Å². The lowest BCUT2D eigenvalue weighted by Gasteiger charge is -2.33. The maximum atomic E-state index is 4.00. The van der Waals surface area contributed by atoms with E-state index in [1.807, 2.05) is 20.9 Å². The standard InChI is InChI=1S/C25H45N3.C3H8.C2H6.C2H2/c1-19(2)27-18-28(15-14-20(3)17-25(6,7)8)24-13-12-23(16-21(24)4)11-10-22(5)26-9;1-3-2;2*1-2/h10-13,19-20,23,26-27H,5,14-18H2,1-4,6-9H3;3H2,1-2H3;1-2H3;1-2H/b11-10+;;;. The SMILES string of the molecule is C#C.C=C(/C=C/C1C=CC(N(CCC(C)CC(C)(C)C)CNC(C)C)=C(C)C1)NC.CC.CCC. The van der Waals surface area contributed by atoms with Crippen LogP contribution in [0, 0.1) is 30.1 Å². The molecule has 0 aromatic carbocycles. The second-order valence-corrected chi connectivity index (χ2v) is 10.7. The molecule has 3 nitrogen and oxygen atoms in total. The van der Waals surface area contributed by atoms with Crippen molar-refractivity contribution < 1.29 is 0 Å². The molecular formula is C32H61N3. The van der Waals surface area contributed by atoms with E-state index in [2.05, 4.69) is 122 Å². The molecule has 0 spiro atoms. The molecule has 0 aromatic rings. The summed E-state index contributed by atoms with van der Waals surface area (Å²) in [5, 5.41) is 6.70. The van der Waals surface area contributed by atoms with Gasteiger partial charge in [-0.25, -0.2) is 0 Å². The highest BCUT2D eigenvalue weighted by Gasteiger charge is 2.19. The Bertz CT molecular complexity index is 629. The highest BCUT2D eigenvalue weighted by Crippen LogP contribution is 2.29. The maximum Gasteiger partial charge on any atom is 0.0683 e. The van der Waals surface area contributed by atoms with Gasteiger partial charge in [-0.3, -0.25) is 5.32 Å². The molecule has 0 aliphatic heterocycles. The Labute approximate surface area is 221 Å². The first-order valence-corrected chi connectivity index (χ1v) is 13.7. The van der Waals surface area contributed by atoms with Crippen molar-refractivity contribution in [2.24, 2.45) is 17.3 Å². The number of hydrogen-bond acceptors (Lipinski definition) is 3. The molecular weight excluding hydrogens is 426 g/mol. The van der Waals surface area contributed by atoms with E-state index in [0.717, 1.165) is 31.2 Å². The average molecular weight is 488 g/mol. The van der Waals surface area contributed by atoms with Crippen LogP contribution < -0.4 is 10.6 Å². The Morgan fingerprint density at radius 1 is 1.20 bits per heavy atom. The third-order valence-electron chi connectivity index (χ3n) is 5.23. The summed E-state index contributed by atoms with van der Waals surface area (Å²) < 4.78 is 0. The fourth-order valence-corrected chi connectivity index (χ4v) is 3.81. The molecule has 2 atom stereocenters. The van der Waals surface area contributed by atoms with Crippen LogP contribution in [0.4, 0.5) is 0 Å².